The number of aromatic nitrogens is 2. The molecule has 0 radical (unpaired) electrons. The molecule has 0 amide bonds. The van der Waals surface area contributed by atoms with Gasteiger partial charge in [0.2, 0.25) is 0 Å². The van der Waals surface area contributed by atoms with Crippen molar-refractivity contribution in [2.45, 2.75) is 49.7 Å². The Hall–Kier alpha value is -1.39. The van der Waals surface area contributed by atoms with Crippen molar-refractivity contribution in [2.75, 3.05) is 6.54 Å². The van der Waals surface area contributed by atoms with Gasteiger partial charge < -0.3 is 5.32 Å². The molecule has 0 saturated carbocycles. The van der Waals surface area contributed by atoms with Crippen LogP contribution in [-0.2, 0) is 12.0 Å². The lowest BCUT2D eigenvalue weighted by Crippen LogP contribution is -2.12. The van der Waals surface area contributed by atoms with Crippen molar-refractivity contribution in [1.29, 1.82) is 0 Å². The molecule has 112 valence electrons. The van der Waals surface area contributed by atoms with Gasteiger partial charge in [0.15, 0.2) is 5.16 Å². The van der Waals surface area contributed by atoms with Gasteiger partial charge in [0.25, 0.3) is 0 Å². The van der Waals surface area contributed by atoms with E-state index in [1.54, 1.807) is 11.8 Å². The quantitative estimate of drug-likeness (QED) is 0.846. The van der Waals surface area contributed by atoms with E-state index in [0.717, 1.165) is 23.8 Å². The maximum atomic E-state index is 4.41. The van der Waals surface area contributed by atoms with Crippen LogP contribution in [0.15, 0.2) is 46.7 Å². The van der Waals surface area contributed by atoms with Gasteiger partial charge in [-0.25, -0.2) is 9.97 Å². The highest BCUT2D eigenvalue weighted by molar-refractivity contribution is 7.99. The lowest BCUT2D eigenvalue weighted by atomic mass is 9.87. The minimum Gasteiger partial charge on any atom is -0.313 e. The lowest BCUT2D eigenvalue weighted by Gasteiger charge is -2.18. The van der Waals surface area contributed by atoms with Crippen molar-refractivity contribution in [1.82, 2.24) is 15.3 Å². The SMILES string of the molecule is CCNCc1cnc(Sc2ccc(C(C)(C)C)cc2)nc1. The van der Waals surface area contributed by atoms with Gasteiger partial charge in [0.1, 0.15) is 0 Å². The summed E-state index contributed by atoms with van der Waals surface area (Å²) in [6, 6.07) is 8.64. The van der Waals surface area contributed by atoms with Gasteiger partial charge in [0.05, 0.1) is 0 Å². The van der Waals surface area contributed by atoms with E-state index in [-0.39, 0.29) is 5.41 Å². The van der Waals surface area contributed by atoms with E-state index < -0.39 is 0 Å². The van der Waals surface area contributed by atoms with Gasteiger partial charge in [0, 0.05) is 29.4 Å². The average molecular weight is 301 g/mol. The Kier molecular flexibility index (Phi) is 5.37. The highest BCUT2D eigenvalue weighted by Crippen LogP contribution is 2.28. The summed E-state index contributed by atoms with van der Waals surface area (Å²) in [7, 11) is 0. The van der Waals surface area contributed by atoms with E-state index in [4.69, 9.17) is 0 Å². The molecule has 1 N–H and O–H groups in total. The first-order valence-corrected chi connectivity index (χ1v) is 8.10. The van der Waals surface area contributed by atoms with Crippen molar-refractivity contribution in [3.63, 3.8) is 0 Å². The molecule has 2 rings (SSSR count). The third-order valence-corrected chi connectivity index (χ3v) is 4.09. The molecule has 2 aromatic rings. The maximum Gasteiger partial charge on any atom is 0.192 e. The van der Waals surface area contributed by atoms with Crippen molar-refractivity contribution < 1.29 is 0 Å². The molecule has 1 aromatic heterocycles. The largest absolute Gasteiger partial charge is 0.313 e. The second-order valence-electron chi connectivity index (χ2n) is 6.03. The van der Waals surface area contributed by atoms with Gasteiger partial charge >= 0.3 is 0 Å². The summed E-state index contributed by atoms with van der Waals surface area (Å²) in [5.41, 5.74) is 2.64. The fourth-order valence-corrected chi connectivity index (χ4v) is 2.58. The Morgan fingerprint density at radius 1 is 1.05 bits per heavy atom. The molecular formula is C17H23N3S. The van der Waals surface area contributed by atoms with Crippen LogP contribution in [0.4, 0.5) is 0 Å². The summed E-state index contributed by atoms with van der Waals surface area (Å²) in [6.45, 7) is 10.5. The fourth-order valence-electron chi connectivity index (χ4n) is 1.88. The van der Waals surface area contributed by atoms with Crippen LogP contribution >= 0.6 is 11.8 Å². The lowest BCUT2D eigenvalue weighted by molar-refractivity contribution is 0.590. The summed E-state index contributed by atoms with van der Waals surface area (Å²) in [4.78, 5) is 9.99. The monoisotopic (exact) mass is 301 g/mol. The molecule has 0 spiro atoms. The minimum absolute atomic E-state index is 0.188. The second kappa shape index (κ2) is 7.05. The van der Waals surface area contributed by atoms with Crippen molar-refractivity contribution >= 4 is 11.8 Å². The summed E-state index contributed by atoms with van der Waals surface area (Å²) >= 11 is 1.60. The first kappa shape index (κ1) is 16.0. The zero-order valence-electron chi connectivity index (χ0n) is 13.2. The zero-order chi connectivity index (χ0) is 15.3. The number of nitrogens with zero attached hydrogens (tertiary/aromatic N) is 2. The predicted octanol–water partition coefficient (Wildman–Crippen LogP) is 4.03. The highest BCUT2D eigenvalue weighted by Gasteiger charge is 2.13. The molecule has 0 aliphatic rings. The first-order chi connectivity index (χ1) is 9.99. The van der Waals surface area contributed by atoms with Gasteiger partial charge in [-0.3, -0.25) is 0 Å². The summed E-state index contributed by atoms with van der Waals surface area (Å²) < 4.78 is 0. The van der Waals surface area contributed by atoms with Crippen LogP contribution in [0.2, 0.25) is 0 Å². The molecule has 0 unspecified atom stereocenters. The molecular weight excluding hydrogens is 278 g/mol. The molecule has 1 aromatic carbocycles. The van der Waals surface area contributed by atoms with Crippen molar-refractivity contribution in [2.24, 2.45) is 0 Å². The standard InChI is InChI=1S/C17H23N3S/c1-5-18-10-13-11-19-16(20-12-13)21-15-8-6-14(7-9-15)17(2,3)4/h6-9,11-12,18H,5,10H2,1-4H3. The maximum absolute atomic E-state index is 4.41. The van der Waals surface area contributed by atoms with Crippen LogP contribution in [0, 0.1) is 0 Å². The van der Waals surface area contributed by atoms with Gasteiger partial charge in [-0.1, -0.05) is 39.8 Å². The van der Waals surface area contributed by atoms with Gasteiger partial charge in [-0.2, -0.15) is 0 Å². The Morgan fingerprint density at radius 3 is 2.19 bits per heavy atom. The Morgan fingerprint density at radius 2 is 1.67 bits per heavy atom. The molecule has 0 aliphatic heterocycles. The highest BCUT2D eigenvalue weighted by atomic mass is 32.2. The average Bonchev–Trinajstić information content (AvgIpc) is 2.46. The third-order valence-electron chi connectivity index (χ3n) is 3.19. The number of hydrogen-bond acceptors (Lipinski definition) is 4. The number of hydrogen-bond donors (Lipinski definition) is 1. The van der Waals surface area contributed by atoms with Crippen LogP contribution in [0.3, 0.4) is 0 Å². The molecule has 4 heteroatoms. The molecule has 1 heterocycles. The number of nitrogens with one attached hydrogen (secondary N) is 1. The van der Waals surface area contributed by atoms with E-state index in [9.17, 15) is 0 Å². The second-order valence-corrected chi connectivity index (χ2v) is 7.07. The van der Waals surface area contributed by atoms with E-state index in [2.05, 4.69) is 67.2 Å². The van der Waals surface area contributed by atoms with Gasteiger partial charge in [-0.15, -0.1) is 0 Å². The van der Waals surface area contributed by atoms with Crippen LogP contribution in [-0.4, -0.2) is 16.5 Å². The first-order valence-electron chi connectivity index (χ1n) is 7.29. The zero-order valence-corrected chi connectivity index (χ0v) is 14.0. The van der Waals surface area contributed by atoms with Crippen molar-refractivity contribution in [3.05, 3.63) is 47.8 Å². The van der Waals surface area contributed by atoms with E-state index in [1.807, 2.05) is 12.4 Å². The molecule has 0 aliphatic carbocycles. The normalized spacial score (nSPS) is 11.6. The van der Waals surface area contributed by atoms with E-state index in [1.165, 1.54) is 10.5 Å². The molecule has 0 saturated heterocycles. The van der Waals surface area contributed by atoms with Crippen LogP contribution in [0.1, 0.15) is 38.8 Å². The van der Waals surface area contributed by atoms with Crippen LogP contribution in [0.5, 0.6) is 0 Å². The molecule has 0 bridgehead atoms. The van der Waals surface area contributed by atoms with Crippen LogP contribution in [0.25, 0.3) is 0 Å². The molecule has 0 fully saturated rings. The Labute approximate surface area is 131 Å². The molecule has 3 nitrogen and oxygen atoms in total. The summed E-state index contributed by atoms with van der Waals surface area (Å²) in [5, 5.41) is 4.06. The van der Waals surface area contributed by atoms with Crippen LogP contribution < -0.4 is 5.32 Å². The fraction of sp³-hybridized carbons (Fsp3) is 0.412. The van der Waals surface area contributed by atoms with E-state index >= 15 is 0 Å². The Balaban J connectivity index is 2.01. The number of rotatable bonds is 5. The number of benzene rings is 1. The Bertz CT molecular complexity index is 556. The third kappa shape index (κ3) is 4.83. The molecule has 21 heavy (non-hydrogen) atoms. The topological polar surface area (TPSA) is 37.8 Å². The predicted molar refractivity (Wildman–Crippen MR) is 88.7 cm³/mol. The molecule has 0 atom stereocenters. The van der Waals surface area contributed by atoms with E-state index in [0.29, 0.717) is 0 Å². The van der Waals surface area contributed by atoms with Crippen molar-refractivity contribution in [3.8, 4) is 0 Å². The summed E-state index contributed by atoms with van der Waals surface area (Å²) in [5.74, 6) is 0. The summed E-state index contributed by atoms with van der Waals surface area (Å²) in [6.07, 6.45) is 3.78. The minimum atomic E-state index is 0.188. The smallest absolute Gasteiger partial charge is 0.192 e. The van der Waals surface area contributed by atoms with Gasteiger partial charge in [-0.05, 0) is 41.4 Å².